The van der Waals surface area contributed by atoms with Crippen molar-refractivity contribution in [2.75, 3.05) is 13.2 Å². The molecule has 0 saturated heterocycles. The first kappa shape index (κ1) is 19.7. The van der Waals surface area contributed by atoms with Gasteiger partial charge < -0.3 is 4.89 Å². The van der Waals surface area contributed by atoms with Gasteiger partial charge in [0.05, 0.1) is 13.2 Å². The maximum absolute atomic E-state index is 11.1. The molecule has 0 heterocycles. The van der Waals surface area contributed by atoms with E-state index in [0.717, 1.165) is 25.7 Å². The van der Waals surface area contributed by atoms with Gasteiger partial charge in [-0.3, -0.25) is 9.05 Å². The van der Waals surface area contributed by atoms with Crippen molar-refractivity contribution < 1.29 is 34.4 Å². The first-order valence-electron chi connectivity index (χ1n) is 4.98. The average molecular weight is 388 g/mol. The molecule has 0 aliphatic heterocycles. The van der Waals surface area contributed by atoms with Crippen molar-refractivity contribution in [3.05, 3.63) is 0 Å². The van der Waals surface area contributed by atoms with Crippen molar-refractivity contribution in [2.24, 2.45) is 0 Å². The van der Waals surface area contributed by atoms with Crippen LogP contribution in [0.3, 0.4) is 0 Å². The quantitative estimate of drug-likeness (QED) is 0.387. The third-order valence-electron chi connectivity index (χ3n) is 1.50. The molecular formula is C8H19Cl2O4PPd. The SMILES string of the molecule is CCCCOP(=O)(O)OCCCC.[Cl][Pd][Cl]. The second kappa shape index (κ2) is 14.4. The van der Waals surface area contributed by atoms with Crippen LogP contribution in [0.4, 0.5) is 0 Å². The number of hydrogen-bond donors (Lipinski definition) is 1. The number of phosphoric ester groups is 1. The Morgan fingerprint density at radius 2 is 1.44 bits per heavy atom. The van der Waals surface area contributed by atoms with Gasteiger partial charge in [0.15, 0.2) is 0 Å². The second-order valence-electron chi connectivity index (χ2n) is 2.89. The number of halogens is 2. The van der Waals surface area contributed by atoms with Crippen LogP contribution in [0.15, 0.2) is 0 Å². The van der Waals surface area contributed by atoms with Crippen LogP contribution in [0.25, 0.3) is 0 Å². The first-order chi connectivity index (χ1) is 7.54. The summed E-state index contributed by atoms with van der Waals surface area (Å²) in [7, 11) is 5.88. The molecule has 8 heteroatoms. The Kier molecular flexibility index (Phi) is 17.7. The van der Waals surface area contributed by atoms with E-state index in [2.05, 4.69) is 0 Å². The van der Waals surface area contributed by atoms with E-state index in [0.29, 0.717) is 0 Å². The van der Waals surface area contributed by atoms with Gasteiger partial charge >= 0.3 is 42.8 Å². The molecule has 0 aliphatic rings. The van der Waals surface area contributed by atoms with E-state index in [1.54, 1.807) is 0 Å². The van der Waals surface area contributed by atoms with Gasteiger partial charge in [0, 0.05) is 0 Å². The average Bonchev–Trinajstić information content (AvgIpc) is 2.19. The number of unbranched alkanes of at least 4 members (excludes halogenated alkanes) is 2. The van der Waals surface area contributed by atoms with Gasteiger partial charge in [-0.25, -0.2) is 4.57 Å². The molecule has 16 heavy (non-hydrogen) atoms. The van der Waals surface area contributed by atoms with E-state index in [9.17, 15) is 4.57 Å². The van der Waals surface area contributed by atoms with Gasteiger partial charge in [-0.15, -0.1) is 0 Å². The van der Waals surface area contributed by atoms with Crippen LogP contribution in [0, 0.1) is 0 Å². The van der Waals surface area contributed by atoms with E-state index in [4.69, 9.17) is 33.0 Å². The van der Waals surface area contributed by atoms with E-state index < -0.39 is 7.82 Å². The normalized spacial score (nSPS) is 11.1. The zero-order chi connectivity index (χ0) is 12.9. The Labute approximate surface area is 114 Å². The van der Waals surface area contributed by atoms with Crippen molar-refractivity contribution in [3.8, 4) is 0 Å². The standard InChI is InChI=1S/C8H19O4P.2ClH.Pd/c1-3-5-7-11-13(9,10)12-8-6-4-2;;;/h3-8H2,1-2H3,(H,9,10);2*1H;/q;;;+2/p-2. The first-order valence-corrected chi connectivity index (χ1v) is 10.5. The molecule has 0 atom stereocenters. The monoisotopic (exact) mass is 386 g/mol. The van der Waals surface area contributed by atoms with Gasteiger partial charge in [0.1, 0.15) is 0 Å². The zero-order valence-electron chi connectivity index (χ0n) is 9.43. The fourth-order valence-electron chi connectivity index (χ4n) is 0.686. The molecule has 0 aromatic rings. The summed E-state index contributed by atoms with van der Waals surface area (Å²) < 4.78 is 20.5. The Balaban J connectivity index is 0. The minimum absolute atomic E-state index is 0.106. The van der Waals surface area contributed by atoms with Crippen LogP contribution in [0.1, 0.15) is 39.5 Å². The molecule has 0 rings (SSSR count). The summed E-state index contributed by atoms with van der Waals surface area (Å²) in [6, 6.07) is 0. The predicted octanol–water partition coefficient (Wildman–Crippen LogP) is 4.10. The minimum atomic E-state index is -3.75. The van der Waals surface area contributed by atoms with Crippen LogP contribution in [-0.4, -0.2) is 18.1 Å². The molecule has 0 unspecified atom stereocenters. The fraction of sp³-hybridized carbons (Fsp3) is 1.00. The van der Waals surface area contributed by atoms with Gasteiger partial charge in [-0.05, 0) is 12.8 Å². The fourth-order valence-corrected chi connectivity index (χ4v) is 1.48. The van der Waals surface area contributed by atoms with Gasteiger partial charge in [0.2, 0.25) is 0 Å². The second-order valence-corrected chi connectivity index (χ2v) is 6.70. The Bertz CT molecular complexity index is 171. The summed E-state index contributed by atoms with van der Waals surface area (Å²) in [5.74, 6) is 0. The number of phosphoric acid groups is 1. The molecule has 0 saturated carbocycles. The molecule has 0 bridgehead atoms. The summed E-state index contributed by atoms with van der Waals surface area (Å²) in [6.45, 7) is 4.56. The molecule has 0 aromatic heterocycles. The molecule has 0 aliphatic carbocycles. The van der Waals surface area contributed by atoms with E-state index in [1.165, 1.54) is 0 Å². The molecular weight excluding hydrogens is 368 g/mol. The van der Waals surface area contributed by atoms with Gasteiger partial charge in [-0.2, -0.15) is 0 Å². The molecule has 0 fully saturated rings. The van der Waals surface area contributed by atoms with Crippen molar-refractivity contribution in [3.63, 3.8) is 0 Å². The molecule has 0 spiro atoms. The van der Waals surface area contributed by atoms with Crippen molar-refractivity contribution in [1.82, 2.24) is 0 Å². The molecule has 1 N–H and O–H groups in total. The summed E-state index contributed by atoms with van der Waals surface area (Å²) in [4.78, 5) is 9.08. The molecule has 4 nitrogen and oxygen atoms in total. The molecule has 0 amide bonds. The topological polar surface area (TPSA) is 55.8 Å². The number of hydrogen-bond acceptors (Lipinski definition) is 3. The van der Waals surface area contributed by atoms with E-state index >= 15 is 0 Å². The molecule has 0 aromatic carbocycles. The number of rotatable bonds is 8. The maximum atomic E-state index is 11.1. The summed E-state index contributed by atoms with van der Waals surface area (Å²) >= 11 is -0.106. The van der Waals surface area contributed by atoms with Crippen LogP contribution in [0.2, 0.25) is 0 Å². The van der Waals surface area contributed by atoms with Gasteiger partial charge in [-0.1, -0.05) is 26.7 Å². The van der Waals surface area contributed by atoms with E-state index in [-0.39, 0.29) is 29.2 Å². The van der Waals surface area contributed by atoms with Crippen LogP contribution < -0.4 is 0 Å². The third kappa shape index (κ3) is 17.7. The Morgan fingerprint density at radius 1 is 1.12 bits per heavy atom. The van der Waals surface area contributed by atoms with Crippen LogP contribution in [0.5, 0.6) is 0 Å². The van der Waals surface area contributed by atoms with Crippen LogP contribution in [-0.2, 0) is 29.6 Å². The van der Waals surface area contributed by atoms with Crippen molar-refractivity contribution in [2.45, 2.75) is 39.5 Å². The molecule has 104 valence electrons. The van der Waals surface area contributed by atoms with Gasteiger partial charge in [0.25, 0.3) is 0 Å². The Hall–Kier alpha value is 1.35. The zero-order valence-corrected chi connectivity index (χ0v) is 13.4. The summed E-state index contributed by atoms with van der Waals surface area (Å²) in [6.07, 6.45) is 3.44. The predicted molar refractivity (Wildman–Crippen MR) is 63.3 cm³/mol. The van der Waals surface area contributed by atoms with E-state index in [1.807, 2.05) is 13.8 Å². The van der Waals surface area contributed by atoms with Crippen LogP contribution >= 0.6 is 26.9 Å². The van der Waals surface area contributed by atoms with Crippen molar-refractivity contribution in [1.29, 1.82) is 0 Å². The van der Waals surface area contributed by atoms with Crippen molar-refractivity contribution >= 4 is 26.9 Å². The summed E-state index contributed by atoms with van der Waals surface area (Å²) in [5, 5.41) is 0. The summed E-state index contributed by atoms with van der Waals surface area (Å²) in [5.41, 5.74) is 0. The Morgan fingerprint density at radius 3 is 1.69 bits per heavy atom. The third-order valence-corrected chi connectivity index (χ3v) is 2.52. The molecule has 0 radical (unpaired) electrons.